The summed E-state index contributed by atoms with van der Waals surface area (Å²) < 4.78 is 3.94. The molecule has 0 aromatic carbocycles. The molecule has 0 unspecified atom stereocenters. The predicted octanol–water partition coefficient (Wildman–Crippen LogP) is 1.97. The SMILES string of the molecule is Cc1nn(C)c(N(C)C)c1CNCc1cccnc1-n1ccnc1C. The van der Waals surface area contributed by atoms with E-state index in [0.29, 0.717) is 0 Å². The van der Waals surface area contributed by atoms with Crippen molar-refractivity contribution in [3.8, 4) is 5.82 Å². The van der Waals surface area contributed by atoms with Gasteiger partial charge in [-0.15, -0.1) is 0 Å². The first kappa shape index (κ1) is 17.2. The molecule has 3 heterocycles. The molecule has 3 rings (SSSR count). The molecule has 0 saturated heterocycles. The quantitative estimate of drug-likeness (QED) is 0.744. The first-order valence-corrected chi connectivity index (χ1v) is 8.33. The fourth-order valence-corrected chi connectivity index (χ4v) is 3.17. The van der Waals surface area contributed by atoms with Crippen LogP contribution in [0.25, 0.3) is 5.82 Å². The number of rotatable bonds is 6. The van der Waals surface area contributed by atoms with Crippen molar-refractivity contribution in [2.45, 2.75) is 26.9 Å². The molecule has 7 nitrogen and oxygen atoms in total. The lowest BCUT2D eigenvalue weighted by Crippen LogP contribution is -2.19. The van der Waals surface area contributed by atoms with E-state index < -0.39 is 0 Å². The minimum Gasteiger partial charge on any atom is -0.363 e. The number of aryl methyl sites for hydroxylation is 3. The molecule has 0 saturated carbocycles. The van der Waals surface area contributed by atoms with Crippen LogP contribution in [-0.2, 0) is 20.1 Å². The third-order valence-electron chi connectivity index (χ3n) is 4.28. The lowest BCUT2D eigenvalue weighted by atomic mass is 10.2. The maximum atomic E-state index is 4.54. The molecule has 1 N–H and O–H groups in total. The van der Waals surface area contributed by atoms with E-state index in [9.17, 15) is 0 Å². The second kappa shape index (κ2) is 7.06. The highest BCUT2D eigenvalue weighted by atomic mass is 15.4. The molecule has 3 aromatic rings. The van der Waals surface area contributed by atoms with Crippen LogP contribution >= 0.6 is 0 Å². The van der Waals surface area contributed by atoms with Crippen molar-refractivity contribution in [3.63, 3.8) is 0 Å². The van der Waals surface area contributed by atoms with Crippen molar-refractivity contribution in [1.29, 1.82) is 0 Å². The Hall–Kier alpha value is -2.67. The van der Waals surface area contributed by atoms with Gasteiger partial charge in [-0.3, -0.25) is 9.25 Å². The molecule has 0 spiro atoms. The molecule has 7 heteroatoms. The minimum absolute atomic E-state index is 0.724. The summed E-state index contributed by atoms with van der Waals surface area (Å²) in [6, 6.07) is 4.06. The molecule has 25 heavy (non-hydrogen) atoms. The second-order valence-electron chi connectivity index (χ2n) is 6.34. The number of aromatic nitrogens is 5. The van der Waals surface area contributed by atoms with E-state index in [1.165, 1.54) is 5.56 Å². The van der Waals surface area contributed by atoms with Crippen LogP contribution < -0.4 is 10.2 Å². The van der Waals surface area contributed by atoms with Crippen LogP contribution in [0, 0.1) is 13.8 Å². The summed E-state index contributed by atoms with van der Waals surface area (Å²) in [4.78, 5) is 10.9. The predicted molar refractivity (Wildman–Crippen MR) is 98.9 cm³/mol. The van der Waals surface area contributed by atoms with Crippen LogP contribution in [0.3, 0.4) is 0 Å². The van der Waals surface area contributed by atoms with Crippen LogP contribution in [0.15, 0.2) is 30.7 Å². The highest BCUT2D eigenvalue weighted by Gasteiger charge is 2.15. The number of nitrogens with zero attached hydrogens (tertiary/aromatic N) is 6. The van der Waals surface area contributed by atoms with E-state index in [1.807, 2.05) is 62.7 Å². The van der Waals surface area contributed by atoms with Gasteiger partial charge in [-0.2, -0.15) is 5.10 Å². The van der Waals surface area contributed by atoms with Gasteiger partial charge in [0.25, 0.3) is 0 Å². The van der Waals surface area contributed by atoms with E-state index >= 15 is 0 Å². The van der Waals surface area contributed by atoms with Crippen molar-refractivity contribution < 1.29 is 0 Å². The number of anilines is 1. The van der Waals surface area contributed by atoms with Gasteiger partial charge in [-0.1, -0.05) is 6.07 Å². The fourth-order valence-electron chi connectivity index (χ4n) is 3.17. The maximum absolute atomic E-state index is 4.54. The van der Waals surface area contributed by atoms with Gasteiger partial charge in [0.1, 0.15) is 17.5 Å². The van der Waals surface area contributed by atoms with Crippen molar-refractivity contribution in [2.75, 3.05) is 19.0 Å². The summed E-state index contributed by atoms with van der Waals surface area (Å²) in [7, 11) is 6.06. The Morgan fingerprint density at radius 3 is 2.60 bits per heavy atom. The first-order valence-electron chi connectivity index (χ1n) is 8.33. The molecule has 0 fully saturated rings. The van der Waals surface area contributed by atoms with Crippen LogP contribution in [0.1, 0.15) is 22.6 Å². The zero-order valence-electron chi connectivity index (χ0n) is 15.5. The molecule has 0 aliphatic rings. The Balaban J connectivity index is 1.77. The summed E-state index contributed by atoms with van der Waals surface area (Å²) in [6.07, 6.45) is 5.55. The monoisotopic (exact) mass is 339 g/mol. The van der Waals surface area contributed by atoms with Gasteiger partial charge in [0.15, 0.2) is 0 Å². The van der Waals surface area contributed by atoms with Crippen LogP contribution in [0.5, 0.6) is 0 Å². The molecule has 132 valence electrons. The topological polar surface area (TPSA) is 63.8 Å². The van der Waals surface area contributed by atoms with Crippen molar-refractivity contribution in [2.24, 2.45) is 7.05 Å². The molecule has 0 aliphatic carbocycles. The van der Waals surface area contributed by atoms with E-state index in [-0.39, 0.29) is 0 Å². The Morgan fingerprint density at radius 1 is 1.12 bits per heavy atom. The summed E-state index contributed by atoms with van der Waals surface area (Å²) in [5.74, 6) is 2.97. The molecular formula is C18H25N7. The van der Waals surface area contributed by atoms with Gasteiger partial charge in [0.2, 0.25) is 0 Å². The average Bonchev–Trinajstić information content (AvgIpc) is 3.11. The van der Waals surface area contributed by atoms with E-state index in [1.54, 1.807) is 6.20 Å². The summed E-state index contributed by atoms with van der Waals surface area (Å²) in [5, 5.41) is 8.07. The van der Waals surface area contributed by atoms with Gasteiger partial charge >= 0.3 is 0 Å². The lowest BCUT2D eigenvalue weighted by molar-refractivity contribution is 0.681. The van der Waals surface area contributed by atoms with Crippen molar-refractivity contribution in [1.82, 2.24) is 29.6 Å². The minimum atomic E-state index is 0.724. The molecular weight excluding hydrogens is 314 g/mol. The van der Waals surface area contributed by atoms with E-state index in [2.05, 4.69) is 31.3 Å². The second-order valence-corrected chi connectivity index (χ2v) is 6.34. The normalized spacial score (nSPS) is 11.1. The summed E-state index contributed by atoms with van der Waals surface area (Å²) in [5.41, 5.74) is 3.41. The molecule has 0 amide bonds. The standard InChI is InChI=1S/C18H25N7/c1-13-16(18(23(3)4)24(5)22-13)12-19-11-15-7-6-8-21-17(15)25-10-9-20-14(25)2/h6-10,19H,11-12H2,1-5H3. The number of nitrogens with one attached hydrogen (secondary N) is 1. The van der Waals surface area contributed by atoms with Crippen LogP contribution in [0.2, 0.25) is 0 Å². The Bertz CT molecular complexity index is 860. The van der Waals surface area contributed by atoms with Crippen LogP contribution in [0.4, 0.5) is 5.82 Å². The van der Waals surface area contributed by atoms with Crippen molar-refractivity contribution in [3.05, 3.63) is 53.4 Å². The zero-order valence-corrected chi connectivity index (χ0v) is 15.5. The van der Waals surface area contributed by atoms with Gasteiger partial charge in [-0.05, 0) is 19.9 Å². The Labute approximate surface area is 148 Å². The van der Waals surface area contributed by atoms with Crippen molar-refractivity contribution >= 4 is 5.82 Å². The molecule has 0 atom stereocenters. The number of hydrogen-bond acceptors (Lipinski definition) is 5. The molecule has 0 radical (unpaired) electrons. The molecule has 0 bridgehead atoms. The third kappa shape index (κ3) is 3.41. The maximum Gasteiger partial charge on any atom is 0.142 e. The number of hydrogen-bond donors (Lipinski definition) is 1. The fraction of sp³-hybridized carbons (Fsp3) is 0.389. The molecule has 0 aliphatic heterocycles. The smallest absolute Gasteiger partial charge is 0.142 e. The van der Waals surface area contributed by atoms with Gasteiger partial charge < -0.3 is 10.2 Å². The summed E-state index contributed by atoms with van der Waals surface area (Å²) in [6.45, 7) is 5.51. The lowest BCUT2D eigenvalue weighted by Gasteiger charge is -2.16. The first-order chi connectivity index (χ1) is 12.0. The van der Waals surface area contributed by atoms with Crippen LogP contribution in [-0.4, -0.2) is 38.4 Å². The van der Waals surface area contributed by atoms with Gasteiger partial charge in [0.05, 0.1) is 5.69 Å². The summed E-state index contributed by atoms with van der Waals surface area (Å²) >= 11 is 0. The van der Waals surface area contributed by atoms with Gasteiger partial charge in [0, 0.05) is 63.9 Å². The highest BCUT2D eigenvalue weighted by molar-refractivity contribution is 5.49. The number of pyridine rings is 1. The third-order valence-corrected chi connectivity index (χ3v) is 4.28. The van der Waals surface area contributed by atoms with Gasteiger partial charge in [-0.25, -0.2) is 9.97 Å². The Morgan fingerprint density at radius 2 is 1.92 bits per heavy atom. The largest absolute Gasteiger partial charge is 0.363 e. The Kier molecular flexibility index (Phi) is 4.85. The van der Waals surface area contributed by atoms with E-state index in [4.69, 9.17) is 0 Å². The number of imidazole rings is 1. The molecule has 3 aromatic heterocycles. The zero-order chi connectivity index (χ0) is 18.0. The highest BCUT2D eigenvalue weighted by Crippen LogP contribution is 2.21. The average molecular weight is 339 g/mol. The van der Waals surface area contributed by atoms with E-state index in [0.717, 1.165) is 41.8 Å².